The van der Waals surface area contributed by atoms with Crippen LogP contribution in [0.2, 0.25) is 0 Å². The van der Waals surface area contributed by atoms with Gasteiger partial charge < -0.3 is 15.6 Å². The van der Waals surface area contributed by atoms with E-state index >= 15 is 0 Å². The summed E-state index contributed by atoms with van der Waals surface area (Å²) >= 11 is 0. The van der Waals surface area contributed by atoms with Gasteiger partial charge in [0.15, 0.2) is 0 Å². The number of carbonyl (C=O) groups is 1. The van der Waals surface area contributed by atoms with E-state index < -0.39 is 23.8 Å². The number of hydrogen-bond donors (Lipinski definition) is 1. The van der Waals surface area contributed by atoms with Gasteiger partial charge in [-0.15, -0.1) is 0 Å². The summed E-state index contributed by atoms with van der Waals surface area (Å²) in [5, 5.41) is 14.8. The zero-order chi connectivity index (χ0) is 15.9. The van der Waals surface area contributed by atoms with Gasteiger partial charge in [0.05, 0.1) is 11.1 Å². The molecular formula is C15H10F3N2O2-. The van der Waals surface area contributed by atoms with Gasteiger partial charge in [0.2, 0.25) is 5.91 Å². The first kappa shape index (κ1) is 14.4. The quantitative estimate of drug-likeness (QED) is 0.872. The summed E-state index contributed by atoms with van der Waals surface area (Å²) in [6.45, 7) is 0. The molecule has 0 aromatic heterocycles. The Kier molecular flexibility index (Phi) is 3.29. The molecule has 0 aliphatic carbocycles. The molecule has 4 nitrogen and oxygen atoms in total. The van der Waals surface area contributed by atoms with Gasteiger partial charge in [-0.05, 0) is 18.2 Å². The van der Waals surface area contributed by atoms with Crippen molar-refractivity contribution in [1.82, 2.24) is 5.06 Å². The number of carbonyl (C=O) groups excluding carboxylic acids is 1. The minimum absolute atomic E-state index is 0.0346. The molecular weight excluding hydrogens is 297 g/mol. The van der Waals surface area contributed by atoms with Crippen molar-refractivity contribution in [2.24, 2.45) is 0 Å². The molecule has 3 rings (SSSR count). The summed E-state index contributed by atoms with van der Waals surface area (Å²) < 4.78 is 39.3. The first-order valence-electron chi connectivity index (χ1n) is 6.42. The van der Waals surface area contributed by atoms with Crippen LogP contribution < -0.4 is 5.32 Å². The molecule has 0 fully saturated rings. The van der Waals surface area contributed by atoms with Crippen LogP contribution in [0.1, 0.15) is 27.7 Å². The minimum Gasteiger partial charge on any atom is -0.754 e. The van der Waals surface area contributed by atoms with Crippen LogP contribution in [0.25, 0.3) is 0 Å². The fourth-order valence-corrected chi connectivity index (χ4v) is 2.44. The number of nitrogens with one attached hydrogen (secondary N) is 1. The van der Waals surface area contributed by atoms with Crippen molar-refractivity contribution in [3.63, 3.8) is 0 Å². The number of benzene rings is 2. The average Bonchev–Trinajstić information content (AvgIpc) is 2.50. The number of hydroxylamine groups is 2. The smallest absolute Gasteiger partial charge is 0.416 e. The molecule has 1 N–H and O–H groups in total. The Labute approximate surface area is 123 Å². The standard InChI is InChI=1S/C15H10F3N2O2/c16-15(17,18)11-7-3-1-5-9(11)13-19-12-8-4-2-6-10(12)14(21)20(13)22/h1-8,13,19H/q-1. The lowest BCUT2D eigenvalue weighted by Gasteiger charge is -2.43. The van der Waals surface area contributed by atoms with Crippen LogP contribution in [0.15, 0.2) is 48.5 Å². The highest BCUT2D eigenvalue weighted by molar-refractivity contribution is 6.01. The second kappa shape index (κ2) is 5.03. The number of anilines is 1. The predicted molar refractivity (Wildman–Crippen MR) is 73.8 cm³/mol. The first-order chi connectivity index (χ1) is 10.4. The number of nitrogens with zero attached hydrogens (tertiary/aromatic N) is 1. The van der Waals surface area contributed by atoms with Crippen LogP contribution in [0.5, 0.6) is 0 Å². The van der Waals surface area contributed by atoms with E-state index in [1.807, 2.05) is 0 Å². The lowest BCUT2D eigenvalue weighted by Crippen LogP contribution is -2.39. The third-order valence-corrected chi connectivity index (χ3v) is 3.45. The fraction of sp³-hybridized carbons (Fsp3) is 0.133. The maximum absolute atomic E-state index is 13.1. The zero-order valence-corrected chi connectivity index (χ0v) is 11.1. The van der Waals surface area contributed by atoms with Gasteiger partial charge in [-0.1, -0.05) is 30.3 Å². The predicted octanol–water partition coefficient (Wildman–Crippen LogP) is 3.77. The fourth-order valence-electron chi connectivity index (χ4n) is 2.44. The molecule has 0 saturated carbocycles. The summed E-state index contributed by atoms with van der Waals surface area (Å²) in [5.41, 5.74) is -0.756. The molecule has 1 heterocycles. The summed E-state index contributed by atoms with van der Waals surface area (Å²) in [5.74, 6) is -0.865. The molecule has 1 atom stereocenters. The third-order valence-electron chi connectivity index (χ3n) is 3.45. The Bertz CT molecular complexity index is 731. The highest BCUT2D eigenvalue weighted by Gasteiger charge is 2.37. The summed E-state index contributed by atoms with van der Waals surface area (Å²) in [6, 6.07) is 10.9. The van der Waals surface area contributed by atoms with E-state index in [0.29, 0.717) is 5.69 Å². The van der Waals surface area contributed by atoms with Crippen molar-refractivity contribution in [2.45, 2.75) is 12.3 Å². The van der Waals surface area contributed by atoms with Crippen molar-refractivity contribution < 1.29 is 18.0 Å². The Morgan fingerprint density at radius 1 is 1.05 bits per heavy atom. The van der Waals surface area contributed by atoms with E-state index in [1.54, 1.807) is 18.2 Å². The molecule has 114 valence electrons. The van der Waals surface area contributed by atoms with E-state index in [9.17, 15) is 23.2 Å². The van der Waals surface area contributed by atoms with Gasteiger partial charge in [-0.25, -0.2) is 0 Å². The molecule has 22 heavy (non-hydrogen) atoms. The van der Waals surface area contributed by atoms with Crippen molar-refractivity contribution in [3.05, 3.63) is 70.4 Å². The highest BCUT2D eigenvalue weighted by atomic mass is 19.4. The third kappa shape index (κ3) is 2.29. The van der Waals surface area contributed by atoms with E-state index in [1.165, 1.54) is 24.3 Å². The second-order valence-corrected chi connectivity index (χ2v) is 4.81. The first-order valence-corrected chi connectivity index (χ1v) is 6.42. The van der Waals surface area contributed by atoms with Crippen molar-refractivity contribution in [1.29, 1.82) is 0 Å². The molecule has 0 spiro atoms. The molecule has 0 saturated heterocycles. The van der Waals surface area contributed by atoms with Gasteiger partial charge in [-0.3, -0.25) is 4.79 Å². The highest BCUT2D eigenvalue weighted by Crippen LogP contribution is 2.39. The Morgan fingerprint density at radius 2 is 1.68 bits per heavy atom. The molecule has 1 aliphatic heterocycles. The second-order valence-electron chi connectivity index (χ2n) is 4.81. The number of alkyl halides is 3. The lowest BCUT2D eigenvalue weighted by molar-refractivity contribution is -0.138. The number of halogens is 3. The van der Waals surface area contributed by atoms with Gasteiger partial charge in [0, 0.05) is 11.3 Å². The number of amides is 1. The maximum Gasteiger partial charge on any atom is 0.416 e. The summed E-state index contributed by atoms with van der Waals surface area (Å²) in [6.07, 6.45) is -6.03. The molecule has 2 aromatic carbocycles. The van der Waals surface area contributed by atoms with Crippen LogP contribution in [0.3, 0.4) is 0 Å². The van der Waals surface area contributed by atoms with Crippen LogP contribution in [0, 0.1) is 5.21 Å². The van der Waals surface area contributed by atoms with Crippen LogP contribution in [-0.2, 0) is 6.18 Å². The SMILES string of the molecule is O=C1c2ccccc2NC(c2ccccc2C(F)(F)F)N1[O-]. The van der Waals surface area contributed by atoms with Gasteiger partial charge in [0.1, 0.15) is 6.17 Å². The summed E-state index contributed by atoms with van der Waals surface area (Å²) in [4.78, 5) is 12.1. The lowest BCUT2D eigenvalue weighted by atomic mass is 10.0. The minimum atomic E-state index is -4.61. The Hall–Kier alpha value is -2.54. The number of para-hydroxylation sites is 1. The van der Waals surface area contributed by atoms with E-state index in [0.717, 1.165) is 6.07 Å². The molecule has 2 aromatic rings. The van der Waals surface area contributed by atoms with E-state index in [-0.39, 0.29) is 16.2 Å². The normalized spacial score (nSPS) is 17.9. The monoisotopic (exact) mass is 307 g/mol. The van der Waals surface area contributed by atoms with Crippen molar-refractivity contribution in [2.75, 3.05) is 5.32 Å². The molecule has 7 heteroatoms. The maximum atomic E-state index is 13.1. The van der Waals surface area contributed by atoms with Gasteiger partial charge in [-0.2, -0.15) is 13.2 Å². The van der Waals surface area contributed by atoms with Crippen molar-refractivity contribution >= 4 is 11.6 Å². The molecule has 0 radical (unpaired) electrons. The van der Waals surface area contributed by atoms with E-state index in [4.69, 9.17) is 0 Å². The van der Waals surface area contributed by atoms with Crippen LogP contribution in [0.4, 0.5) is 18.9 Å². The van der Waals surface area contributed by atoms with E-state index in [2.05, 4.69) is 5.32 Å². The Balaban J connectivity index is 2.10. The Morgan fingerprint density at radius 3 is 2.41 bits per heavy atom. The van der Waals surface area contributed by atoms with Crippen LogP contribution >= 0.6 is 0 Å². The largest absolute Gasteiger partial charge is 0.754 e. The number of rotatable bonds is 1. The van der Waals surface area contributed by atoms with Gasteiger partial charge >= 0.3 is 6.18 Å². The number of fused-ring (bicyclic) bond motifs is 1. The van der Waals surface area contributed by atoms with Gasteiger partial charge in [0.25, 0.3) is 0 Å². The topological polar surface area (TPSA) is 55.4 Å². The van der Waals surface area contributed by atoms with Crippen molar-refractivity contribution in [3.8, 4) is 0 Å². The molecule has 1 aliphatic rings. The zero-order valence-electron chi connectivity index (χ0n) is 11.1. The molecule has 0 bridgehead atoms. The molecule has 1 amide bonds. The van der Waals surface area contributed by atoms with Crippen LogP contribution in [-0.4, -0.2) is 11.0 Å². The number of hydrogen-bond acceptors (Lipinski definition) is 3. The summed E-state index contributed by atoms with van der Waals surface area (Å²) in [7, 11) is 0. The molecule has 1 unspecified atom stereocenters. The average molecular weight is 307 g/mol.